The summed E-state index contributed by atoms with van der Waals surface area (Å²) in [6, 6.07) is 4.02. The fourth-order valence-electron chi connectivity index (χ4n) is 1.37. The maximum atomic E-state index is 13.5. The number of benzene rings is 1. The Balaban J connectivity index is 3.05. The van der Waals surface area contributed by atoms with Crippen LogP contribution < -0.4 is 10.5 Å². The molecule has 0 radical (unpaired) electrons. The van der Waals surface area contributed by atoms with E-state index in [9.17, 15) is 12.8 Å². The van der Waals surface area contributed by atoms with Gasteiger partial charge >= 0.3 is 0 Å². The highest BCUT2D eigenvalue weighted by Gasteiger charge is 2.27. The molecule has 0 aliphatic carbocycles. The summed E-state index contributed by atoms with van der Waals surface area (Å²) < 4.78 is 40.1. The lowest BCUT2D eigenvalue weighted by Crippen LogP contribution is -2.37. The lowest BCUT2D eigenvalue weighted by Gasteiger charge is -2.16. The van der Waals surface area contributed by atoms with E-state index in [4.69, 9.17) is 18.0 Å². The minimum atomic E-state index is -3.83. The summed E-state index contributed by atoms with van der Waals surface area (Å²) in [4.78, 5) is -0.137. The molecule has 1 rings (SSSR count). The molecule has 0 aromatic heterocycles. The average Bonchev–Trinajstić information content (AvgIpc) is 2.22. The third-order valence-electron chi connectivity index (χ3n) is 2.25. The highest BCUT2D eigenvalue weighted by Crippen LogP contribution is 2.21. The van der Waals surface area contributed by atoms with Gasteiger partial charge in [0.05, 0.1) is 10.7 Å². The molecule has 0 aliphatic rings. The Labute approximate surface area is 119 Å². The van der Waals surface area contributed by atoms with Crippen LogP contribution in [0.4, 0.5) is 10.1 Å². The Kier molecular flexibility index (Phi) is 5.06. The van der Waals surface area contributed by atoms with Crippen LogP contribution in [-0.2, 0) is 10.0 Å². The molecular weight excluding hydrogens is 343 g/mol. The molecule has 0 fully saturated rings. The van der Waals surface area contributed by atoms with E-state index in [0.29, 0.717) is 4.47 Å². The van der Waals surface area contributed by atoms with Crippen molar-refractivity contribution in [2.45, 2.75) is 18.6 Å². The number of halogens is 2. The SMILES string of the molecule is CCC(C(N)=S)S(=O)(=O)Nc1ccc(Br)cc1F. The maximum absolute atomic E-state index is 13.5. The summed E-state index contributed by atoms with van der Waals surface area (Å²) in [6.07, 6.45) is 0.225. The maximum Gasteiger partial charge on any atom is 0.242 e. The van der Waals surface area contributed by atoms with Crippen molar-refractivity contribution < 1.29 is 12.8 Å². The Morgan fingerprint density at radius 1 is 1.61 bits per heavy atom. The molecule has 0 heterocycles. The number of nitrogens with two attached hydrogens (primary N) is 1. The summed E-state index contributed by atoms with van der Waals surface area (Å²) in [5.41, 5.74) is 5.23. The van der Waals surface area contributed by atoms with Crippen LogP contribution >= 0.6 is 28.1 Å². The normalized spacial score (nSPS) is 13.1. The van der Waals surface area contributed by atoms with Gasteiger partial charge in [-0.2, -0.15) is 0 Å². The van der Waals surface area contributed by atoms with Gasteiger partial charge in [-0.1, -0.05) is 35.1 Å². The van der Waals surface area contributed by atoms with Gasteiger partial charge in [0.1, 0.15) is 11.1 Å². The number of nitrogens with one attached hydrogen (secondary N) is 1. The first-order chi connectivity index (χ1) is 8.27. The monoisotopic (exact) mass is 354 g/mol. The minimum Gasteiger partial charge on any atom is -0.392 e. The summed E-state index contributed by atoms with van der Waals surface area (Å²) in [6.45, 7) is 1.64. The minimum absolute atomic E-state index is 0.132. The van der Waals surface area contributed by atoms with E-state index in [1.165, 1.54) is 18.2 Å². The molecule has 0 saturated carbocycles. The predicted molar refractivity (Wildman–Crippen MR) is 77.5 cm³/mol. The molecule has 0 aliphatic heterocycles. The average molecular weight is 355 g/mol. The zero-order chi connectivity index (χ0) is 13.9. The van der Waals surface area contributed by atoms with Crippen molar-refractivity contribution in [3.05, 3.63) is 28.5 Å². The highest BCUT2D eigenvalue weighted by atomic mass is 79.9. The first kappa shape index (κ1) is 15.3. The van der Waals surface area contributed by atoms with E-state index in [2.05, 4.69) is 20.7 Å². The molecule has 0 saturated heterocycles. The second-order valence-corrected chi connectivity index (χ2v) is 6.82. The van der Waals surface area contributed by atoms with E-state index in [-0.39, 0.29) is 17.1 Å². The molecule has 1 aromatic carbocycles. The van der Waals surface area contributed by atoms with Gasteiger partial charge in [0, 0.05) is 4.47 Å². The molecule has 3 N–H and O–H groups in total. The van der Waals surface area contributed by atoms with E-state index in [1.54, 1.807) is 6.92 Å². The molecule has 18 heavy (non-hydrogen) atoms. The Hall–Kier alpha value is -0.730. The highest BCUT2D eigenvalue weighted by molar-refractivity contribution is 9.10. The van der Waals surface area contributed by atoms with E-state index in [0.717, 1.165) is 0 Å². The fraction of sp³-hybridized carbons (Fsp3) is 0.300. The second kappa shape index (κ2) is 5.94. The van der Waals surface area contributed by atoms with E-state index >= 15 is 0 Å². The van der Waals surface area contributed by atoms with Gasteiger partial charge in [0.2, 0.25) is 10.0 Å². The number of anilines is 1. The van der Waals surface area contributed by atoms with Gasteiger partial charge in [-0.25, -0.2) is 12.8 Å². The van der Waals surface area contributed by atoms with Crippen LogP contribution in [0.1, 0.15) is 13.3 Å². The molecule has 1 unspecified atom stereocenters. The Morgan fingerprint density at radius 3 is 2.67 bits per heavy atom. The predicted octanol–water partition coefficient (Wildman–Crippen LogP) is 2.39. The van der Waals surface area contributed by atoms with Crippen LogP contribution in [0.15, 0.2) is 22.7 Å². The summed E-state index contributed by atoms with van der Waals surface area (Å²) in [5, 5.41) is -1.02. The first-order valence-electron chi connectivity index (χ1n) is 5.04. The number of hydrogen-bond acceptors (Lipinski definition) is 3. The molecule has 8 heteroatoms. The molecule has 0 amide bonds. The number of rotatable bonds is 5. The van der Waals surface area contributed by atoms with E-state index < -0.39 is 21.1 Å². The Bertz CT molecular complexity index is 563. The third-order valence-corrected chi connectivity index (χ3v) is 5.01. The van der Waals surface area contributed by atoms with Crippen LogP contribution in [0.2, 0.25) is 0 Å². The van der Waals surface area contributed by atoms with Gasteiger partial charge in [0.15, 0.2) is 0 Å². The molecule has 1 aromatic rings. The fourth-order valence-corrected chi connectivity index (χ4v) is 3.61. The number of thiocarbonyl (C=S) groups is 1. The van der Waals surface area contributed by atoms with Crippen LogP contribution in [0.25, 0.3) is 0 Å². The molecule has 1 atom stereocenters. The number of hydrogen-bond donors (Lipinski definition) is 2. The van der Waals surface area contributed by atoms with Gasteiger partial charge < -0.3 is 5.73 Å². The van der Waals surface area contributed by atoms with Crippen LogP contribution in [0.5, 0.6) is 0 Å². The zero-order valence-electron chi connectivity index (χ0n) is 9.48. The zero-order valence-corrected chi connectivity index (χ0v) is 12.7. The summed E-state index contributed by atoms with van der Waals surface area (Å²) in [7, 11) is -3.83. The van der Waals surface area contributed by atoms with Gasteiger partial charge in [-0.05, 0) is 24.6 Å². The van der Waals surface area contributed by atoms with Crippen molar-refractivity contribution in [3.8, 4) is 0 Å². The summed E-state index contributed by atoms with van der Waals surface area (Å²) in [5.74, 6) is -0.675. The smallest absolute Gasteiger partial charge is 0.242 e. The van der Waals surface area contributed by atoms with Crippen molar-refractivity contribution in [3.63, 3.8) is 0 Å². The van der Waals surface area contributed by atoms with Crippen molar-refractivity contribution in [1.82, 2.24) is 0 Å². The van der Waals surface area contributed by atoms with E-state index in [1.807, 2.05) is 0 Å². The van der Waals surface area contributed by atoms with Gasteiger partial charge in [-0.15, -0.1) is 0 Å². The van der Waals surface area contributed by atoms with Gasteiger partial charge in [-0.3, -0.25) is 4.72 Å². The second-order valence-electron chi connectivity index (χ2n) is 3.57. The largest absolute Gasteiger partial charge is 0.392 e. The summed E-state index contributed by atoms with van der Waals surface area (Å²) >= 11 is 7.78. The van der Waals surface area contributed by atoms with Gasteiger partial charge in [0.25, 0.3) is 0 Å². The number of sulfonamides is 1. The Morgan fingerprint density at radius 2 is 2.22 bits per heavy atom. The van der Waals surface area contributed by atoms with Crippen molar-refractivity contribution in [2.24, 2.45) is 5.73 Å². The van der Waals surface area contributed by atoms with Crippen LogP contribution in [0, 0.1) is 5.82 Å². The lowest BCUT2D eigenvalue weighted by atomic mass is 10.3. The first-order valence-corrected chi connectivity index (χ1v) is 7.78. The molecule has 0 spiro atoms. The van der Waals surface area contributed by atoms with Crippen molar-refractivity contribution in [1.29, 1.82) is 0 Å². The van der Waals surface area contributed by atoms with Crippen molar-refractivity contribution >= 4 is 48.8 Å². The molecule has 100 valence electrons. The van der Waals surface area contributed by atoms with Crippen LogP contribution in [-0.4, -0.2) is 18.7 Å². The lowest BCUT2D eigenvalue weighted by molar-refractivity contribution is 0.592. The topological polar surface area (TPSA) is 72.2 Å². The van der Waals surface area contributed by atoms with Crippen LogP contribution in [0.3, 0.4) is 0 Å². The molecular formula is C10H12BrFN2O2S2. The van der Waals surface area contributed by atoms with Crippen molar-refractivity contribution in [2.75, 3.05) is 4.72 Å². The molecule has 4 nitrogen and oxygen atoms in total. The quantitative estimate of drug-likeness (QED) is 0.796. The standard InChI is InChI=1S/C10H12BrFN2O2S2/c1-2-9(10(13)17)18(15,16)14-8-4-3-6(11)5-7(8)12/h3-5,9,14H,2H2,1H3,(H2,13,17). The third kappa shape index (κ3) is 3.63. The molecule has 0 bridgehead atoms.